The van der Waals surface area contributed by atoms with Gasteiger partial charge < -0.3 is 10.5 Å². The van der Waals surface area contributed by atoms with Crippen LogP contribution in [0.15, 0.2) is 30.3 Å². The number of carbonyl (C=O) groups excluding carboxylic acids is 2. The van der Waals surface area contributed by atoms with Crippen LogP contribution in [0.25, 0.3) is 0 Å². The van der Waals surface area contributed by atoms with Crippen molar-refractivity contribution in [1.82, 2.24) is 0 Å². The van der Waals surface area contributed by atoms with Gasteiger partial charge in [0.15, 0.2) is 0 Å². The predicted octanol–water partition coefficient (Wildman–Crippen LogP) is 2.77. The summed E-state index contributed by atoms with van der Waals surface area (Å²) in [6.45, 7) is 4.05. The number of Topliss-reactive ketones (excluding diaryl/α,β-unsaturated/α-hetero) is 1. The van der Waals surface area contributed by atoms with E-state index >= 15 is 0 Å². The Morgan fingerprint density at radius 3 is 2.27 bits per heavy atom. The molecule has 4 nitrogen and oxygen atoms in total. The maximum Gasteiger partial charge on any atom is 0.309 e. The number of carbonyl (C=O) groups is 2. The van der Waals surface area contributed by atoms with Crippen LogP contribution in [0.5, 0.6) is 0 Å². The summed E-state index contributed by atoms with van der Waals surface area (Å²) in [5.41, 5.74) is 6.91. The molecule has 124 valence electrons. The van der Waals surface area contributed by atoms with Gasteiger partial charge in [-0.05, 0) is 24.3 Å². The lowest BCUT2D eigenvalue weighted by molar-refractivity contribution is -0.147. The lowest BCUT2D eigenvalue weighted by Crippen LogP contribution is -2.35. The zero-order valence-electron chi connectivity index (χ0n) is 13.5. The number of ether oxygens (including phenoxy) is 1. The number of hydrogen-bond donors (Lipinski definition) is 1. The molecular weight excluding hydrogens is 302 g/mol. The highest BCUT2D eigenvalue weighted by Gasteiger charge is 2.26. The van der Waals surface area contributed by atoms with Gasteiger partial charge in [-0.15, -0.1) is 12.4 Å². The minimum atomic E-state index is -0.507. The summed E-state index contributed by atoms with van der Waals surface area (Å²) in [7, 11) is 1.35. The molecule has 0 bridgehead atoms. The van der Waals surface area contributed by atoms with E-state index in [1.165, 1.54) is 7.11 Å². The summed E-state index contributed by atoms with van der Waals surface area (Å²) < 4.78 is 4.81. The predicted molar refractivity (Wildman–Crippen MR) is 90.0 cm³/mol. The first-order chi connectivity index (χ1) is 9.93. The SMILES string of the molecule is COC(=O)[C@@H](CC(=O)[C@@H](N)CC(C)C)Cc1ccccc1.Cl. The normalized spacial score (nSPS) is 13.1. The van der Waals surface area contributed by atoms with Crippen LogP contribution in [0, 0.1) is 11.8 Å². The third kappa shape index (κ3) is 7.05. The van der Waals surface area contributed by atoms with Gasteiger partial charge in [-0.25, -0.2) is 0 Å². The van der Waals surface area contributed by atoms with Gasteiger partial charge in [0, 0.05) is 6.42 Å². The summed E-state index contributed by atoms with van der Waals surface area (Å²) in [6, 6.07) is 9.11. The van der Waals surface area contributed by atoms with Crippen molar-refractivity contribution in [2.24, 2.45) is 17.6 Å². The maximum atomic E-state index is 12.2. The van der Waals surface area contributed by atoms with Crippen molar-refractivity contribution in [1.29, 1.82) is 0 Å². The lowest BCUT2D eigenvalue weighted by atomic mass is 9.90. The second-order valence-corrected chi connectivity index (χ2v) is 5.82. The summed E-state index contributed by atoms with van der Waals surface area (Å²) in [6.07, 6.45) is 1.27. The van der Waals surface area contributed by atoms with E-state index in [0.717, 1.165) is 5.56 Å². The minimum absolute atomic E-state index is 0. The van der Waals surface area contributed by atoms with Crippen LogP contribution in [-0.2, 0) is 20.7 Å². The molecule has 0 aliphatic carbocycles. The zero-order valence-corrected chi connectivity index (χ0v) is 14.3. The van der Waals surface area contributed by atoms with Crippen LogP contribution < -0.4 is 5.73 Å². The molecule has 22 heavy (non-hydrogen) atoms. The van der Waals surface area contributed by atoms with Crippen LogP contribution in [0.3, 0.4) is 0 Å². The highest BCUT2D eigenvalue weighted by atomic mass is 35.5. The number of hydrogen-bond acceptors (Lipinski definition) is 4. The monoisotopic (exact) mass is 327 g/mol. The second kappa shape index (κ2) is 10.4. The van der Waals surface area contributed by atoms with Gasteiger partial charge in [0.25, 0.3) is 0 Å². The fraction of sp³-hybridized carbons (Fsp3) is 0.529. The number of benzene rings is 1. The summed E-state index contributed by atoms with van der Waals surface area (Å²) in [4.78, 5) is 24.0. The van der Waals surface area contributed by atoms with Gasteiger partial charge in [-0.1, -0.05) is 44.2 Å². The Labute approximate surface area is 138 Å². The molecule has 0 unspecified atom stereocenters. The molecule has 0 fully saturated rings. The summed E-state index contributed by atoms with van der Waals surface area (Å²) in [5, 5.41) is 0. The molecule has 0 saturated heterocycles. The molecule has 0 radical (unpaired) electrons. The second-order valence-electron chi connectivity index (χ2n) is 5.82. The van der Waals surface area contributed by atoms with Crippen LogP contribution >= 0.6 is 12.4 Å². The van der Waals surface area contributed by atoms with Crippen LogP contribution in [0.4, 0.5) is 0 Å². The molecule has 5 heteroatoms. The lowest BCUT2D eigenvalue weighted by Gasteiger charge is -2.18. The zero-order chi connectivity index (χ0) is 15.8. The van der Waals surface area contributed by atoms with E-state index in [9.17, 15) is 9.59 Å². The van der Waals surface area contributed by atoms with Gasteiger partial charge in [-0.3, -0.25) is 9.59 Å². The van der Waals surface area contributed by atoms with E-state index in [0.29, 0.717) is 18.8 Å². The average Bonchev–Trinajstić information content (AvgIpc) is 2.46. The van der Waals surface area contributed by atoms with E-state index in [1.54, 1.807) is 0 Å². The van der Waals surface area contributed by atoms with Crippen molar-refractivity contribution in [3.63, 3.8) is 0 Å². The number of rotatable bonds is 8. The molecule has 0 heterocycles. The number of ketones is 1. The van der Waals surface area contributed by atoms with Crippen molar-refractivity contribution in [2.45, 2.75) is 39.2 Å². The number of esters is 1. The molecule has 0 aliphatic heterocycles. The van der Waals surface area contributed by atoms with Gasteiger partial charge in [0.1, 0.15) is 5.78 Å². The molecule has 2 atom stereocenters. The molecule has 0 saturated carbocycles. The van der Waals surface area contributed by atoms with Gasteiger partial charge in [0.05, 0.1) is 19.1 Å². The Bertz CT molecular complexity index is 462. The van der Waals surface area contributed by atoms with Crippen molar-refractivity contribution in [3.8, 4) is 0 Å². The number of nitrogens with two attached hydrogens (primary N) is 1. The molecule has 1 rings (SSSR count). The molecule has 1 aromatic carbocycles. The molecular formula is C17H26ClNO3. The first kappa shape index (κ1) is 20.6. The molecule has 0 aromatic heterocycles. The fourth-order valence-electron chi connectivity index (χ4n) is 2.34. The Morgan fingerprint density at radius 1 is 1.18 bits per heavy atom. The smallest absolute Gasteiger partial charge is 0.309 e. The fourth-order valence-corrected chi connectivity index (χ4v) is 2.34. The van der Waals surface area contributed by atoms with Crippen molar-refractivity contribution >= 4 is 24.2 Å². The van der Waals surface area contributed by atoms with Gasteiger partial charge >= 0.3 is 5.97 Å². The standard InChI is InChI=1S/C17H25NO3.ClH/c1-12(2)9-15(18)16(19)11-14(17(20)21-3)10-13-7-5-4-6-8-13;/h4-8,12,14-15H,9-11,18H2,1-3H3;1H/t14-,15+;/m1./s1. The summed E-state index contributed by atoms with van der Waals surface area (Å²) in [5.74, 6) is -0.545. The summed E-state index contributed by atoms with van der Waals surface area (Å²) >= 11 is 0. The van der Waals surface area contributed by atoms with E-state index in [-0.39, 0.29) is 30.6 Å². The van der Waals surface area contributed by atoms with E-state index < -0.39 is 12.0 Å². The Morgan fingerprint density at radius 2 is 1.77 bits per heavy atom. The van der Waals surface area contributed by atoms with Crippen LogP contribution in [0.2, 0.25) is 0 Å². The average molecular weight is 328 g/mol. The molecule has 1 aromatic rings. The first-order valence-corrected chi connectivity index (χ1v) is 7.34. The molecule has 2 N–H and O–H groups in total. The maximum absolute atomic E-state index is 12.2. The van der Waals surface area contributed by atoms with E-state index in [4.69, 9.17) is 10.5 Å². The van der Waals surface area contributed by atoms with Crippen molar-refractivity contribution in [2.75, 3.05) is 7.11 Å². The third-order valence-corrected chi connectivity index (χ3v) is 3.45. The minimum Gasteiger partial charge on any atom is -0.469 e. The topological polar surface area (TPSA) is 69.4 Å². The molecule has 0 spiro atoms. The quantitative estimate of drug-likeness (QED) is 0.745. The largest absolute Gasteiger partial charge is 0.469 e. The molecule has 0 amide bonds. The van der Waals surface area contributed by atoms with Gasteiger partial charge in [0.2, 0.25) is 0 Å². The third-order valence-electron chi connectivity index (χ3n) is 3.45. The highest BCUT2D eigenvalue weighted by Crippen LogP contribution is 2.16. The highest BCUT2D eigenvalue weighted by molar-refractivity contribution is 5.88. The Hall–Kier alpha value is -1.39. The van der Waals surface area contributed by atoms with Crippen LogP contribution in [0.1, 0.15) is 32.3 Å². The van der Waals surface area contributed by atoms with Gasteiger partial charge in [-0.2, -0.15) is 0 Å². The Balaban J connectivity index is 0.00000441. The van der Waals surface area contributed by atoms with Crippen LogP contribution in [-0.4, -0.2) is 24.9 Å². The van der Waals surface area contributed by atoms with E-state index in [2.05, 4.69) is 0 Å². The number of halogens is 1. The molecule has 0 aliphatic rings. The van der Waals surface area contributed by atoms with Crippen molar-refractivity contribution in [3.05, 3.63) is 35.9 Å². The Kier molecular flexibility index (Phi) is 9.70. The first-order valence-electron chi connectivity index (χ1n) is 7.34. The van der Waals surface area contributed by atoms with Crippen molar-refractivity contribution < 1.29 is 14.3 Å². The van der Waals surface area contributed by atoms with E-state index in [1.807, 2.05) is 44.2 Å². The number of methoxy groups -OCH3 is 1.